The van der Waals surface area contributed by atoms with Gasteiger partial charge in [0.2, 0.25) is 0 Å². The molecule has 0 bridgehead atoms. The second-order valence-corrected chi connectivity index (χ2v) is 4.21. The maximum Gasteiger partial charge on any atom is 0.0585 e. The molecule has 1 aromatic heterocycles. The van der Waals surface area contributed by atoms with E-state index in [2.05, 4.69) is 31.1 Å². The maximum atomic E-state index is 6.25. The SMILES string of the molecule is Cc1cccc(C(N)c2cnn(C)c2)c1C. The van der Waals surface area contributed by atoms with Crippen molar-refractivity contribution in [1.82, 2.24) is 9.78 Å². The molecule has 0 radical (unpaired) electrons. The summed E-state index contributed by atoms with van der Waals surface area (Å²) in [6.07, 6.45) is 3.79. The van der Waals surface area contributed by atoms with Crippen LogP contribution in [0.2, 0.25) is 0 Å². The molecule has 2 rings (SSSR count). The van der Waals surface area contributed by atoms with Crippen molar-refractivity contribution in [3.63, 3.8) is 0 Å². The van der Waals surface area contributed by atoms with Gasteiger partial charge in [-0.05, 0) is 30.5 Å². The normalized spacial score (nSPS) is 12.8. The first kappa shape index (κ1) is 10.9. The molecule has 0 amide bonds. The third kappa shape index (κ3) is 1.86. The van der Waals surface area contributed by atoms with E-state index in [1.165, 1.54) is 16.7 Å². The molecule has 2 aromatic rings. The van der Waals surface area contributed by atoms with Gasteiger partial charge in [0.15, 0.2) is 0 Å². The van der Waals surface area contributed by atoms with Crippen molar-refractivity contribution in [2.45, 2.75) is 19.9 Å². The van der Waals surface area contributed by atoms with Crippen LogP contribution in [0.25, 0.3) is 0 Å². The second-order valence-electron chi connectivity index (χ2n) is 4.21. The topological polar surface area (TPSA) is 43.8 Å². The molecule has 3 nitrogen and oxygen atoms in total. The van der Waals surface area contributed by atoms with E-state index < -0.39 is 0 Å². The van der Waals surface area contributed by atoms with Gasteiger partial charge in [0.1, 0.15) is 0 Å². The third-order valence-electron chi connectivity index (χ3n) is 3.07. The molecule has 0 aliphatic heterocycles. The van der Waals surface area contributed by atoms with Gasteiger partial charge in [0.05, 0.1) is 12.2 Å². The number of nitrogens with two attached hydrogens (primary N) is 1. The highest BCUT2D eigenvalue weighted by Crippen LogP contribution is 2.23. The fraction of sp³-hybridized carbons (Fsp3) is 0.308. The van der Waals surface area contributed by atoms with Gasteiger partial charge < -0.3 is 5.73 Å². The third-order valence-corrected chi connectivity index (χ3v) is 3.07. The summed E-state index contributed by atoms with van der Waals surface area (Å²) < 4.78 is 1.78. The fourth-order valence-electron chi connectivity index (χ4n) is 1.89. The Bertz CT molecular complexity index is 500. The van der Waals surface area contributed by atoms with Gasteiger partial charge in [-0.25, -0.2) is 0 Å². The number of hydrogen-bond acceptors (Lipinski definition) is 2. The summed E-state index contributed by atoms with van der Waals surface area (Å²) in [6.45, 7) is 4.22. The average molecular weight is 215 g/mol. The molecule has 0 saturated carbocycles. The predicted molar refractivity (Wildman–Crippen MR) is 65.2 cm³/mol. The number of rotatable bonds is 2. The molecule has 0 saturated heterocycles. The lowest BCUT2D eigenvalue weighted by molar-refractivity contribution is 0.764. The number of nitrogens with zero attached hydrogens (tertiary/aromatic N) is 2. The minimum Gasteiger partial charge on any atom is -0.320 e. The summed E-state index contributed by atoms with van der Waals surface area (Å²) in [5, 5.41) is 4.15. The number of aromatic nitrogens is 2. The van der Waals surface area contributed by atoms with Crippen molar-refractivity contribution in [2.75, 3.05) is 0 Å². The van der Waals surface area contributed by atoms with E-state index in [-0.39, 0.29) is 6.04 Å². The first-order valence-electron chi connectivity index (χ1n) is 5.40. The van der Waals surface area contributed by atoms with Crippen molar-refractivity contribution in [3.8, 4) is 0 Å². The summed E-state index contributed by atoms with van der Waals surface area (Å²) >= 11 is 0. The maximum absolute atomic E-state index is 6.25. The Labute approximate surface area is 95.9 Å². The summed E-state index contributed by atoms with van der Waals surface area (Å²) in [6, 6.07) is 6.15. The predicted octanol–water partition coefficient (Wildman–Crippen LogP) is 2.09. The molecule has 0 spiro atoms. The Morgan fingerprint density at radius 2 is 2.06 bits per heavy atom. The number of benzene rings is 1. The molecule has 1 atom stereocenters. The molecule has 2 N–H and O–H groups in total. The van der Waals surface area contributed by atoms with E-state index in [1.807, 2.05) is 25.5 Å². The Hall–Kier alpha value is -1.61. The van der Waals surface area contributed by atoms with Crippen LogP contribution in [0, 0.1) is 13.8 Å². The number of aryl methyl sites for hydroxylation is 2. The summed E-state index contributed by atoms with van der Waals surface area (Å²) in [7, 11) is 1.90. The standard InChI is InChI=1S/C13H17N3/c1-9-5-4-6-12(10(9)2)13(14)11-7-15-16(3)8-11/h4-8,13H,14H2,1-3H3. The van der Waals surface area contributed by atoms with Crippen LogP contribution in [0.1, 0.15) is 28.3 Å². The zero-order chi connectivity index (χ0) is 11.7. The van der Waals surface area contributed by atoms with Crippen LogP contribution in [0.3, 0.4) is 0 Å². The van der Waals surface area contributed by atoms with E-state index in [0.29, 0.717) is 0 Å². The average Bonchev–Trinajstić information content (AvgIpc) is 2.68. The van der Waals surface area contributed by atoms with Crippen LogP contribution in [0.5, 0.6) is 0 Å². The first-order chi connectivity index (χ1) is 7.59. The molecule has 3 heteroatoms. The molecule has 1 heterocycles. The van der Waals surface area contributed by atoms with Crippen LogP contribution in [0.15, 0.2) is 30.6 Å². The zero-order valence-electron chi connectivity index (χ0n) is 9.94. The quantitative estimate of drug-likeness (QED) is 0.833. The van der Waals surface area contributed by atoms with Crippen molar-refractivity contribution < 1.29 is 0 Å². The van der Waals surface area contributed by atoms with E-state index in [4.69, 9.17) is 5.73 Å². The Morgan fingerprint density at radius 3 is 2.69 bits per heavy atom. The van der Waals surface area contributed by atoms with Gasteiger partial charge in [-0.1, -0.05) is 18.2 Å². The Kier molecular flexibility index (Phi) is 2.79. The fourth-order valence-corrected chi connectivity index (χ4v) is 1.89. The largest absolute Gasteiger partial charge is 0.320 e. The van der Waals surface area contributed by atoms with Gasteiger partial charge in [-0.3, -0.25) is 4.68 Å². The molecular weight excluding hydrogens is 198 g/mol. The van der Waals surface area contributed by atoms with Gasteiger partial charge in [-0.15, -0.1) is 0 Å². The minimum absolute atomic E-state index is 0.0893. The van der Waals surface area contributed by atoms with Crippen LogP contribution >= 0.6 is 0 Å². The minimum atomic E-state index is -0.0893. The van der Waals surface area contributed by atoms with Crippen molar-refractivity contribution >= 4 is 0 Å². The van der Waals surface area contributed by atoms with Crippen molar-refractivity contribution in [1.29, 1.82) is 0 Å². The van der Waals surface area contributed by atoms with Crippen LogP contribution in [0.4, 0.5) is 0 Å². The van der Waals surface area contributed by atoms with Gasteiger partial charge >= 0.3 is 0 Å². The lowest BCUT2D eigenvalue weighted by atomic mass is 9.95. The van der Waals surface area contributed by atoms with E-state index in [9.17, 15) is 0 Å². The van der Waals surface area contributed by atoms with Crippen molar-refractivity contribution in [3.05, 3.63) is 52.8 Å². The Balaban J connectivity index is 2.41. The zero-order valence-corrected chi connectivity index (χ0v) is 9.94. The van der Waals surface area contributed by atoms with Crippen LogP contribution < -0.4 is 5.73 Å². The molecule has 0 fully saturated rings. The highest BCUT2D eigenvalue weighted by atomic mass is 15.2. The molecular formula is C13H17N3. The summed E-state index contributed by atoms with van der Waals surface area (Å²) in [5.41, 5.74) is 11.0. The second kappa shape index (κ2) is 4.10. The lowest BCUT2D eigenvalue weighted by Gasteiger charge is -2.14. The monoisotopic (exact) mass is 215 g/mol. The van der Waals surface area contributed by atoms with Crippen LogP contribution in [-0.2, 0) is 7.05 Å². The molecule has 1 aromatic carbocycles. The lowest BCUT2D eigenvalue weighted by Crippen LogP contribution is -2.13. The molecule has 1 unspecified atom stereocenters. The highest BCUT2D eigenvalue weighted by molar-refractivity contribution is 5.39. The van der Waals surface area contributed by atoms with Crippen LogP contribution in [-0.4, -0.2) is 9.78 Å². The summed E-state index contributed by atoms with van der Waals surface area (Å²) in [5.74, 6) is 0. The van der Waals surface area contributed by atoms with Gasteiger partial charge in [-0.2, -0.15) is 5.10 Å². The van der Waals surface area contributed by atoms with Gasteiger partial charge in [0, 0.05) is 18.8 Å². The van der Waals surface area contributed by atoms with E-state index in [0.717, 1.165) is 5.56 Å². The van der Waals surface area contributed by atoms with Gasteiger partial charge in [0.25, 0.3) is 0 Å². The van der Waals surface area contributed by atoms with E-state index >= 15 is 0 Å². The number of hydrogen-bond donors (Lipinski definition) is 1. The molecule has 16 heavy (non-hydrogen) atoms. The molecule has 0 aliphatic carbocycles. The van der Waals surface area contributed by atoms with Crippen molar-refractivity contribution in [2.24, 2.45) is 12.8 Å². The highest BCUT2D eigenvalue weighted by Gasteiger charge is 2.13. The Morgan fingerprint density at radius 1 is 1.31 bits per heavy atom. The summed E-state index contributed by atoms with van der Waals surface area (Å²) in [4.78, 5) is 0. The first-order valence-corrected chi connectivity index (χ1v) is 5.40. The van der Waals surface area contributed by atoms with E-state index in [1.54, 1.807) is 4.68 Å². The molecule has 84 valence electrons. The molecule has 0 aliphatic rings. The smallest absolute Gasteiger partial charge is 0.0585 e.